The number of benzene rings is 2. The fourth-order valence-corrected chi connectivity index (χ4v) is 7.60. The van der Waals surface area contributed by atoms with Crippen LogP contribution in [0.15, 0.2) is 64.1 Å². The minimum absolute atomic E-state index is 0.0133. The van der Waals surface area contributed by atoms with E-state index < -0.39 is 16.0 Å². The van der Waals surface area contributed by atoms with Gasteiger partial charge in [-0.05, 0) is 61.9 Å². The van der Waals surface area contributed by atoms with E-state index in [-0.39, 0.29) is 24.3 Å². The van der Waals surface area contributed by atoms with Crippen LogP contribution in [0.25, 0.3) is 5.69 Å². The summed E-state index contributed by atoms with van der Waals surface area (Å²) >= 11 is 0. The monoisotopic (exact) mass is 560 g/mol. The summed E-state index contributed by atoms with van der Waals surface area (Å²) in [5.41, 5.74) is 5.49. The molecule has 0 saturated heterocycles. The van der Waals surface area contributed by atoms with Crippen molar-refractivity contribution in [3.8, 4) is 5.69 Å². The van der Waals surface area contributed by atoms with Gasteiger partial charge in [-0.2, -0.15) is 9.40 Å². The molecule has 4 aromatic rings. The molecule has 0 amide bonds. The highest BCUT2D eigenvalue weighted by atomic mass is 32.2. The van der Waals surface area contributed by atoms with Gasteiger partial charge < -0.3 is 9.26 Å². The topological polar surface area (TPSA) is 108 Å². The molecule has 40 heavy (non-hydrogen) atoms. The summed E-state index contributed by atoms with van der Waals surface area (Å²) in [7, 11) is -2.31. The standard InChI is InChI=1S/C30H32N4O5S/c1-18-8-9-28-22(10-18)11-19(2)16-33(40(28,36)37)17-21-6-5-7-23(13-21)34-29(26(15-31-34)30(35)38-4)25-14-24(25)27-12-20(3)32-39-27/h5-10,12-13,15,19,24-25H,11,14,16-17H2,1-4H3/t19-,24+,25+/m0/s1. The molecule has 10 heteroatoms. The first kappa shape index (κ1) is 26.5. The van der Waals surface area contributed by atoms with Crippen molar-refractivity contribution in [1.82, 2.24) is 19.2 Å². The summed E-state index contributed by atoms with van der Waals surface area (Å²) in [6.07, 6.45) is 3.05. The SMILES string of the molecule is COC(=O)c1cnn(-c2cccc(CN3C[C@@H](C)Cc4cc(C)ccc4S3(=O)=O)c2)c1[C@@H]1C[C@H]1c1cc(C)no1. The number of hydrogen-bond acceptors (Lipinski definition) is 7. The van der Waals surface area contributed by atoms with Gasteiger partial charge in [-0.25, -0.2) is 17.9 Å². The highest BCUT2D eigenvalue weighted by molar-refractivity contribution is 7.89. The zero-order valence-corrected chi connectivity index (χ0v) is 23.8. The Bertz CT molecular complexity index is 1710. The van der Waals surface area contributed by atoms with E-state index in [1.165, 1.54) is 13.3 Å². The number of fused-ring (bicyclic) bond motifs is 1. The average Bonchev–Trinajstić information content (AvgIpc) is 3.40. The molecular formula is C30H32N4O5S. The number of esters is 1. The van der Waals surface area contributed by atoms with Gasteiger partial charge in [0, 0.05) is 31.0 Å². The van der Waals surface area contributed by atoms with Gasteiger partial charge in [0.1, 0.15) is 11.3 Å². The number of methoxy groups -OCH3 is 1. The quantitative estimate of drug-likeness (QED) is 0.308. The van der Waals surface area contributed by atoms with Gasteiger partial charge in [-0.3, -0.25) is 0 Å². The smallest absolute Gasteiger partial charge is 0.341 e. The molecule has 1 aliphatic heterocycles. The molecule has 2 aliphatic rings. The molecule has 2 aromatic carbocycles. The van der Waals surface area contributed by atoms with Gasteiger partial charge in [-0.15, -0.1) is 0 Å². The molecule has 0 N–H and O–H groups in total. The Morgan fingerprint density at radius 2 is 1.95 bits per heavy atom. The summed E-state index contributed by atoms with van der Waals surface area (Å²) in [5, 5.41) is 8.58. The van der Waals surface area contributed by atoms with Crippen LogP contribution in [0.5, 0.6) is 0 Å². The van der Waals surface area contributed by atoms with E-state index in [0.717, 1.165) is 45.9 Å². The molecule has 1 saturated carbocycles. The van der Waals surface area contributed by atoms with E-state index in [9.17, 15) is 13.2 Å². The fourth-order valence-electron chi connectivity index (χ4n) is 5.84. The van der Waals surface area contributed by atoms with Gasteiger partial charge in [0.25, 0.3) is 0 Å². The number of nitrogens with zero attached hydrogens (tertiary/aromatic N) is 4. The molecule has 0 spiro atoms. The summed E-state index contributed by atoms with van der Waals surface area (Å²) < 4.78 is 41.3. The fraction of sp³-hybridized carbons (Fsp3) is 0.367. The van der Waals surface area contributed by atoms with Crippen LogP contribution in [-0.4, -0.2) is 47.3 Å². The van der Waals surface area contributed by atoms with Crippen molar-refractivity contribution in [1.29, 1.82) is 0 Å². The molecule has 1 fully saturated rings. The van der Waals surface area contributed by atoms with E-state index in [0.29, 0.717) is 23.4 Å². The molecule has 3 heterocycles. The third-order valence-corrected chi connectivity index (χ3v) is 9.71. The number of carbonyl (C=O) groups is 1. The molecule has 0 unspecified atom stereocenters. The van der Waals surface area contributed by atoms with Crippen molar-refractivity contribution in [2.45, 2.75) is 56.9 Å². The third kappa shape index (κ3) is 4.75. The van der Waals surface area contributed by atoms with Crippen LogP contribution in [0.3, 0.4) is 0 Å². The molecule has 0 radical (unpaired) electrons. The zero-order chi connectivity index (χ0) is 28.2. The number of aromatic nitrogens is 3. The lowest BCUT2D eigenvalue weighted by Gasteiger charge is -2.22. The normalized spacial score (nSPS) is 21.9. The molecular weight excluding hydrogens is 528 g/mol. The number of rotatable bonds is 6. The van der Waals surface area contributed by atoms with Crippen molar-refractivity contribution >= 4 is 16.0 Å². The second kappa shape index (κ2) is 10.0. The van der Waals surface area contributed by atoms with Crippen molar-refractivity contribution in [3.05, 3.63) is 94.1 Å². The maximum absolute atomic E-state index is 13.7. The van der Waals surface area contributed by atoms with E-state index in [1.807, 2.05) is 56.3 Å². The average molecular weight is 561 g/mol. The van der Waals surface area contributed by atoms with Crippen LogP contribution >= 0.6 is 0 Å². The summed E-state index contributed by atoms with van der Waals surface area (Å²) in [5.74, 6) is 0.620. The number of sulfonamides is 1. The van der Waals surface area contributed by atoms with Crippen molar-refractivity contribution in [2.24, 2.45) is 5.92 Å². The highest BCUT2D eigenvalue weighted by Crippen LogP contribution is 2.56. The van der Waals surface area contributed by atoms with E-state index in [2.05, 4.69) is 17.2 Å². The van der Waals surface area contributed by atoms with Crippen LogP contribution in [-0.2, 0) is 27.7 Å². The highest BCUT2D eigenvalue weighted by Gasteiger charge is 2.46. The van der Waals surface area contributed by atoms with Crippen molar-refractivity contribution in [2.75, 3.05) is 13.7 Å². The Balaban J connectivity index is 1.34. The van der Waals surface area contributed by atoms with Gasteiger partial charge >= 0.3 is 5.97 Å². The minimum Gasteiger partial charge on any atom is -0.465 e. The Morgan fingerprint density at radius 3 is 2.70 bits per heavy atom. The molecule has 9 nitrogen and oxygen atoms in total. The summed E-state index contributed by atoms with van der Waals surface area (Å²) in [6, 6.07) is 15.2. The third-order valence-electron chi connectivity index (χ3n) is 7.80. The number of carbonyl (C=O) groups excluding carboxylic acids is 1. The Morgan fingerprint density at radius 1 is 1.12 bits per heavy atom. The van der Waals surface area contributed by atoms with Crippen LogP contribution in [0.4, 0.5) is 0 Å². The van der Waals surface area contributed by atoms with Crippen LogP contribution in [0, 0.1) is 19.8 Å². The molecule has 2 aromatic heterocycles. The van der Waals surface area contributed by atoms with Gasteiger partial charge in [0.2, 0.25) is 10.0 Å². The molecule has 0 bridgehead atoms. The van der Waals surface area contributed by atoms with E-state index in [4.69, 9.17) is 9.26 Å². The first-order chi connectivity index (χ1) is 19.2. The predicted molar refractivity (Wildman–Crippen MR) is 148 cm³/mol. The predicted octanol–water partition coefficient (Wildman–Crippen LogP) is 4.92. The van der Waals surface area contributed by atoms with Gasteiger partial charge in [0.15, 0.2) is 0 Å². The van der Waals surface area contributed by atoms with Crippen LogP contribution in [0.2, 0.25) is 0 Å². The number of ether oxygens (including phenoxy) is 1. The Kier molecular flexibility index (Phi) is 6.62. The lowest BCUT2D eigenvalue weighted by molar-refractivity contribution is 0.0599. The lowest BCUT2D eigenvalue weighted by atomic mass is 9.99. The maximum atomic E-state index is 13.7. The van der Waals surface area contributed by atoms with Gasteiger partial charge in [0.05, 0.1) is 35.3 Å². The van der Waals surface area contributed by atoms with Gasteiger partial charge in [-0.1, -0.05) is 41.9 Å². The van der Waals surface area contributed by atoms with Crippen LogP contribution < -0.4 is 0 Å². The maximum Gasteiger partial charge on any atom is 0.341 e. The second-order valence-electron chi connectivity index (χ2n) is 11.1. The molecule has 208 valence electrons. The molecule has 6 rings (SSSR count). The summed E-state index contributed by atoms with van der Waals surface area (Å²) in [4.78, 5) is 13.0. The molecule has 3 atom stereocenters. The van der Waals surface area contributed by atoms with Crippen molar-refractivity contribution < 1.29 is 22.5 Å². The minimum atomic E-state index is -3.67. The van der Waals surface area contributed by atoms with Crippen molar-refractivity contribution in [3.63, 3.8) is 0 Å². The number of hydrogen-bond donors (Lipinski definition) is 0. The molecule has 1 aliphatic carbocycles. The van der Waals surface area contributed by atoms with E-state index >= 15 is 0 Å². The number of aryl methyl sites for hydroxylation is 2. The van der Waals surface area contributed by atoms with E-state index in [1.54, 1.807) is 15.1 Å². The first-order valence-electron chi connectivity index (χ1n) is 13.4. The first-order valence-corrected chi connectivity index (χ1v) is 14.9. The largest absolute Gasteiger partial charge is 0.465 e. The summed E-state index contributed by atoms with van der Waals surface area (Å²) in [6.45, 7) is 6.61. The Labute approximate surface area is 233 Å². The Hall–Kier alpha value is -3.76. The van der Waals surface area contributed by atoms with Crippen LogP contribution in [0.1, 0.15) is 69.4 Å². The zero-order valence-electron chi connectivity index (χ0n) is 23.0. The lowest BCUT2D eigenvalue weighted by Crippen LogP contribution is -2.32. The second-order valence-corrected chi connectivity index (χ2v) is 13.0.